The molecule has 1 aliphatic rings. The monoisotopic (exact) mass is 228 g/mol. The van der Waals surface area contributed by atoms with Gasteiger partial charge in [0.2, 0.25) is 5.91 Å². The fourth-order valence-electron chi connectivity index (χ4n) is 2.14. The highest BCUT2D eigenvalue weighted by Gasteiger charge is 2.35. The topological polar surface area (TPSA) is 66.6 Å². The number of carbonyl (C=O) groups excluding carboxylic acids is 1. The van der Waals surface area contributed by atoms with Gasteiger partial charge in [0.05, 0.1) is 6.61 Å². The summed E-state index contributed by atoms with van der Waals surface area (Å²) in [6.07, 6.45) is 3.08. The van der Waals surface area contributed by atoms with Gasteiger partial charge in [-0.15, -0.1) is 0 Å². The number of carbonyl (C=O) groups is 1. The molecule has 3 N–H and O–H groups in total. The van der Waals surface area contributed by atoms with Gasteiger partial charge in [-0.25, -0.2) is 0 Å². The van der Waals surface area contributed by atoms with E-state index in [1.807, 2.05) is 20.9 Å². The van der Waals surface area contributed by atoms with Gasteiger partial charge in [0.25, 0.3) is 0 Å². The molecule has 0 aromatic rings. The molecule has 4 heteroatoms. The fraction of sp³-hybridized carbons (Fsp3) is 0.917. The first-order valence-electron chi connectivity index (χ1n) is 6.06. The molecule has 0 aliphatic heterocycles. The Labute approximate surface area is 97.8 Å². The molecule has 4 nitrogen and oxygen atoms in total. The molecule has 0 atom stereocenters. The zero-order valence-electron chi connectivity index (χ0n) is 10.6. The number of amides is 1. The smallest absolute Gasteiger partial charge is 0.225 e. The normalized spacial score (nSPS) is 30.5. The molecule has 94 valence electrons. The molecule has 0 bridgehead atoms. The van der Waals surface area contributed by atoms with Gasteiger partial charge in [0, 0.05) is 24.5 Å². The van der Waals surface area contributed by atoms with Crippen molar-refractivity contribution in [3.05, 3.63) is 0 Å². The Kier molecular flexibility index (Phi) is 4.33. The van der Waals surface area contributed by atoms with E-state index in [1.165, 1.54) is 0 Å². The minimum absolute atomic E-state index is 0.0218. The molecule has 0 aromatic carbocycles. The summed E-state index contributed by atoms with van der Waals surface area (Å²) in [6.45, 7) is 4.05. The molecule has 0 spiro atoms. The van der Waals surface area contributed by atoms with Gasteiger partial charge in [-0.1, -0.05) is 0 Å². The third-order valence-electron chi connectivity index (χ3n) is 3.77. The van der Waals surface area contributed by atoms with Crippen LogP contribution in [0.1, 0.15) is 39.5 Å². The molecule has 1 saturated carbocycles. The molecule has 0 unspecified atom stereocenters. The van der Waals surface area contributed by atoms with Crippen LogP contribution in [0, 0.1) is 5.92 Å². The van der Waals surface area contributed by atoms with E-state index in [1.54, 1.807) is 4.90 Å². The highest BCUT2D eigenvalue weighted by molar-refractivity contribution is 5.78. The maximum absolute atomic E-state index is 12.1. The maximum atomic E-state index is 12.1. The summed E-state index contributed by atoms with van der Waals surface area (Å²) in [6, 6.07) is 0.245. The summed E-state index contributed by atoms with van der Waals surface area (Å²) in [7, 11) is 1.85. The van der Waals surface area contributed by atoms with Crippen LogP contribution in [0.15, 0.2) is 0 Å². The van der Waals surface area contributed by atoms with Crippen molar-refractivity contribution in [1.82, 2.24) is 4.90 Å². The van der Waals surface area contributed by atoms with Crippen LogP contribution in [0.5, 0.6) is 0 Å². The molecule has 0 radical (unpaired) electrons. The lowest BCUT2D eigenvalue weighted by atomic mass is 9.77. The summed E-state index contributed by atoms with van der Waals surface area (Å²) in [4.78, 5) is 13.9. The number of nitrogens with two attached hydrogens (primary N) is 1. The van der Waals surface area contributed by atoms with Crippen LogP contribution in [-0.4, -0.2) is 41.1 Å². The SMILES string of the molecule is CC(C)N(C)C(=O)C1CCC(N)(CO)CC1. The average Bonchev–Trinajstić information content (AvgIpc) is 2.28. The van der Waals surface area contributed by atoms with Crippen molar-refractivity contribution < 1.29 is 9.90 Å². The zero-order chi connectivity index (χ0) is 12.3. The van der Waals surface area contributed by atoms with E-state index in [0.717, 1.165) is 25.7 Å². The quantitative estimate of drug-likeness (QED) is 0.748. The molecule has 0 heterocycles. The van der Waals surface area contributed by atoms with Crippen molar-refractivity contribution in [3.63, 3.8) is 0 Å². The predicted octanol–water partition coefficient (Wildman–Crippen LogP) is 0.733. The number of nitrogens with zero attached hydrogens (tertiary/aromatic N) is 1. The number of rotatable bonds is 3. The van der Waals surface area contributed by atoms with Gasteiger partial charge in [-0.3, -0.25) is 4.79 Å². The first-order chi connectivity index (χ1) is 7.39. The van der Waals surface area contributed by atoms with E-state index in [0.29, 0.717) is 0 Å². The Bertz CT molecular complexity index is 245. The summed E-state index contributed by atoms with van der Waals surface area (Å²) in [5, 5.41) is 9.15. The van der Waals surface area contributed by atoms with Crippen molar-refractivity contribution in [2.45, 2.75) is 51.1 Å². The Morgan fingerprint density at radius 1 is 1.50 bits per heavy atom. The number of aliphatic hydroxyl groups excluding tert-OH is 1. The summed E-state index contributed by atoms with van der Waals surface area (Å²) in [5.74, 6) is 0.311. The minimum atomic E-state index is -0.451. The molecule has 1 fully saturated rings. The summed E-state index contributed by atoms with van der Waals surface area (Å²) >= 11 is 0. The molecule has 1 amide bonds. The minimum Gasteiger partial charge on any atom is -0.394 e. The third-order valence-corrected chi connectivity index (χ3v) is 3.77. The molecule has 0 saturated heterocycles. The standard InChI is InChI=1S/C12H24N2O2/c1-9(2)14(3)11(16)10-4-6-12(13,8-15)7-5-10/h9-10,15H,4-8,13H2,1-3H3. The van der Waals surface area contributed by atoms with Crippen LogP contribution in [0.25, 0.3) is 0 Å². The van der Waals surface area contributed by atoms with Crippen molar-refractivity contribution in [2.24, 2.45) is 11.7 Å². The van der Waals surface area contributed by atoms with Gasteiger partial charge in [0.1, 0.15) is 0 Å². The Hall–Kier alpha value is -0.610. The molecular weight excluding hydrogens is 204 g/mol. The van der Waals surface area contributed by atoms with Crippen LogP contribution in [0.2, 0.25) is 0 Å². The average molecular weight is 228 g/mol. The van der Waals surface area contributed by atoms with Gasteiger partial charge in [0.15, 0.2) is 0 Å². The zero-order valence-corrected chi connectivity index (χ0v) is 10.6. The van der Waals surface area contributed by atoms with Crippen molar-refractivity contribution in [3.8, 4) is 0 Å². The van der Waals surface area contributed by atoms with Crippen LogP contribution >= 0.6 is 0 Å². The van der Waals surface area contributed by atoms with Gasteiger partial charge in [-0.05, 0) is 39.5 Å². The molecule has 1 aliphatic carbocycles. The first-order valence-corrected chi connectivity index (χ1v) is 6.06. The van der Waals surface area contributed by atoms with Crippen LogP contribution in [0.4, 0.5) is 0 Å². The number of hydrogen-bond donors (Lipinski definition) is 2. The van der Waals surface area contributed by atoms with E-state index in [9.17, 15) is 4.79 Å². The second-order valence-corrected chi connectivity index (χ2v) is 5.34. The third kappa shape index (κ3) is 2.95. The Morgan fingerprint density at radius 3 is 2.38 bits per heavy atom. The second-order valence-electron chi connectivity index (χ2n) is 5.34. The van der Waals surface area contributed by atoms with E-state index < -0.39 is 5.54 Å². The first kappa shape index (κ1) is 13.5. The molecule has 0 aromatic heterocycles. The van der Waals surface area contributed by atoms with Crippen molar-refractivity contribution in [2.75, 3.05) is 13.7 Å². The fourth-order valence-corrected chi connectivity index (χ4v) is 2.14. The lowest BCUT2D eigenvalue weighted by Gasteiger charge is -2.37. The van der Waals surface area contributed by atoms with E-state index in [4.69, 9.17) is 10.8 Å². The van der Waals surface area contributed by atoms with Crippen LogP contribution in [0.3, 0.4) is 0 Å². The van der Waals surface area contributed by atoms with Gasteiger partial charge >= 0.3 is 0 Å². The molecule has 1 rings (SSSR count). The largest absolute Gasteiger partial charge is 0.394 e. The summed E-state index contributed by atoms with van der Waals surface area (Å²) < 4.78 is 0. The lowest BCUT2D eigenvalue weighted by Crippen LogP contribution is -2.49. The number of aliphatic hydroxyl groups is 1. The Morgan fingerprint density at radius 2 is 2.00 bits per heavy atom. The summed E-state index contributed by atoms with van der Waals surface area (Å²) in [5.41, 5.74) is 5.53. The molecule has 16 heavy (non-hydrogen) atoms. The highest BCUT2D eigenvalue weighted by atomic mass is 16.3. The maximum Gasteiger partial charge on any atom is 0.225 e. The van der Waals surface area contributed by atoms with E-state index in [-0.39, 0.29) is 24.5 Å². The van der Waals surface area contributed by atoms with Gasteiger partial charge in [-0.2, -0.15) is 0 Å². The molecular formula is C12H24N2O2. The lowest BCUT2D eigenvalue weighted by molar-refractivity contribution is -0.137. The van der Waals surface area contributed by atoms with Crippen molar-refractivity contribution in [1.29, 1.82) is 0 Å². The van der Waals surface area contributed by atoms with E-state index >= 15 is 0 Å². The van der Waals surface area contributed by atoms with Crippen LogP contribution < -0.4 is 5.73 Å². The van der Waals surface area contributed by atoms with Crippen molar-refractivity contribution >= 4 is 5.91 Å². The Balaban J connectivity index is 2.51. The second kappa shape index (κ2) is 5.15. The highest BCUT2D eigenvalue weighted by Crippen LogP contribution is 2.31. The predicted molar refractivity (Wildman–Crippen MR) is 63.9 cm³/mol. The van der Waals surface area contributed by atoms with E-state index in [2.05, 4.69) is 0 Å². The number of hydrogen-bond acceptors (Lipinski definition) is 3. The van der Waals surface area contributed by atoms with Gasteiger partial charge < -0.3 is 15.7 Å². The van der Waals surface area contributed by atoms with Crippen LogP contribution in [-0.2, 0) is 4.79 Å².